The van der Waals surface area contributed by atoms with Crippen molar-refractivity contribution in [3.63, 3.8) is 0 Å². The Hall–Kier alpha value is -2.74. The van der Waals surface area contributed by atoms with Gasteiger partial charge in [0.15, 0.2) is 10.9 Å². The van der Waals surface area contributed by atoms with E-state index >= 15 is 0 Å². The van der Waals surface area contributed by atoms with Crippen LogP contribution in [0.1, 0.15) is 27.6 Å². The Kier molecular flexibility index (Phi) is 4.57. The van der Waals surface area contributed by atoms with Crippen LogP contribution in [0.5, 0.6) is 0 Å². The zero-order valence-electron chi connectivity index (χ0n) is 13.2. The summed E-state index contributed by atoms with van der Waals surface area (Å²) in [4.78, 5) is 20.2. The number of nitrogens with zero attached hydrogens (tertiary/aromatic N) is 5. The number of aromatic nitrogens is 5. The van der Waals surface area contributed by atoms with Gasteiger partial charge in [0.25, 0.3) is 0 Å². The number of hydrogen-bond acceptors (Lipinski definition) is 6. The fraction of sp³-hybridized carbons (Fsp3) is 0.188. The third-order valence-corrected chi connectivity index (χ3v) is 4.12. The standard InChI is InChI=1S/C16H15N5O2S/c1-10-8-11(2)18-16(17-10)24-9-13-14(15(22)23)19-20-21(13)12-6-4-3-5-7-12/h3-8H,9H2,1-2H3,(H,22,23). The van der Waals surface area contributed by atoms with Crippen molar-refractivity contribution in [2.75, 3.05) is 0 Å². The number of carboxylic acid groups (broad SMARTS) is 1. The number of rotatable bonds is 5. The van der Waals surface area contributed by atoms with Crippen molar-refractivity contribution < 1.29 is 9.90 Å². The molecule has 0 aliphatic carbocycles. The maximum Gasteiger partial charge on any atom is 0.358 e. The number of para-hydroxylation sites is 1. The van der Waals surface area contributed by atoms with Gasteiger partial charge in [0, 0.05) is 17.1 Å². The van der Waals surface area contributed by atoms with Crippen LogP contribution in [0.2, 0.25) is 0 Å². The smallest absolute Gasteiger partial charge is 0.358 e. The molecule has 0 unspecified atom stereocenters. The summed E-state index contributed by atoms with van der Waals surface area (Å²) in [6.07, 6.45) is 0. The van der Waals surface area contributed by atoms with Gasteiger partial charge in [0.2, 0.25) is 0 Å². The molecule has 7 nitrogen and oxygen atoms in total. The van der Waals surface area contributed by atoms with Crippen molar-refractivity contribution in [2.24, 2.45) is 0 Å². The van der Waals surface area contributed by atoms with Crippen LogP contribution in [0, 0.1) is 13.8 Å². The summed E-state index contributed by atoms with van der Waals surface area (Å²) in [6, 6.07) is 11.2. The van der Waals surface area contributed by atoms with Gasteiger partial charge >= 0.3 is 5.97 Å². The molecule has 3 rings (SSSR count). The monoisotopic (exact) mass is 341 g/mol. The molecule has 122 valence electrons. The van der Waals surface area contributed by atoms with Crippen molar-refractivity contribution in [3.05, 3.63) is 59.2 Å². The predicted molar refractivity (Wildman–Crippen MR) is 89.4 cm³/mol. The largest absolute Gasteiger partial charge is 0.476 e. The van der Waals surface area contributed by atoms with Gasteiger partial charge in [-0.2, -0.15) is 0 Å². The van der Waals surface area contributed by atoms with E-state index in [1.807, 2.05) is 50.2 Å². The molecule has 0 bridgehead atoms. The first-order valence-corrected chi connectivity index (χ1v) is 8.21. The van der Waals surface area contributed by atoms with Gasteiger partial charge < -0.3 is 5.11 Å². The van der Waals surface area contributed by atoms with Crippen LogP contribution < -0.4 is 0 Å². The van der Waals surface area contributed by atoms with Crippen LogP contribution in [0.4, 0.5) is 0 Å². The summed E-state index contributed by atoms with van der Waals surface area (Å²) < 4.78 is 1.54. The Bertz CT molecular complexity index is 859. The number of aromatic carboxylic acids is 1. The van der Waals surface area contributed by atoms with Gasteiger partial charge in [0.1, 0.15) is 0 Å². The van der Waals surface area contributed by atoms with Gasteiger partial charge in [-0.15, -0.1) is 5.10 Å². The molecule has 0 spiro atoms. The van der Waals surface area contributed by atoms with E-state index < -0.39 is 5.97 Å². The summed E-state index contributed by atoms with van der Waals surface area (Å²) in [7, 11) is 0. The molecule has 0 aliphatic heterocycles. The minimum Gasteiger partial charge on any atom is -0.476 e. The van der Waals surface area contributed by atoms with E-state index in [4.69, 9.17) is 0 Å². The third kappa shape index (κ3) is 3.43. The van der Waals surface area contributed by atoms with Crippen LogP contribution in [0.3, 0.4) is 0 Å². The normalized spacial score (nSPS) is 10.8. The molecule has 0 saturated carbocycles. The van der Waals surface area contributed by atoms with Gasteiger partial charge in [0.05, 0.1) is 11.4 Å². The lowest BCUT2D eigenvalue weighted by atomic mass is 10.3. The first-order chi connectivity index (χ1) is 11.5. The number of aryl methyl sites for hydroxylation is 2. The molecular weight excluding hydrogens is 326 g/mol. The summed E-state index contributed by atoms with van der Waals surface area (Å²) >= 11 is 1.36. The number of carbonyl (C=O) groups is 1. The Morgan fingerprint density at radius 3 is 2.46 bits per heavy atom. The first kappa shape index (κ1) is 16.1. The van der Waals surface area contributed by atoms with E-state index in [-0.39, 0.29) is 5.69 Å². The molecule has 24 heavy (non-hydrogen) atoms. The molecule has 0 aliphatic rings. The van der Waals surface area contributed by atoms with Crippen molar-refractivity contribution in [2.45, 2.75) is 24.8 Å². The van der Waals surface area contributed by atoms with Crippen LogP contribution in [0.25, 0.3) is 5.69 Å². The average Bonchev–Trinajstić information content (AvgIpc) is 2.97. The number of thioether (sulfide) groups is 1. The molecule has 3 aromatic rings. The Balaban J connectivity index is 1.94. The van der Waals surface area contributed by atoms with Crippen LogP contribution in [-0.2, 0) is 5.75 Å². The SMILES string of the molecule is Cc1cc(C)nc(SCc2c(C(=O)O)nnn2-c2ccccc2)n1. The zero-order chi connectivity index (χ0) is 17.1. The average molecular weight is 341 g/mol. The van der Waals surface area contributed by atoms with E-state index in [1.165, 1.54) is 11.8 Å². The number of benzene rings is 1. The zero-order valence-corrected chi connectivity index (χ0v) is 14.0. The predicted octanol–water partition coefficient (Wildman–Crippen LogP) is 2.66. The fourth-order valence-electron chi connectivity index (χ4n) is 2.26. The highest BCUT2D eigenvalue weighted by atomic mass is 32.2. The van der Waals surface area contributed by atoms with Crippen LogP contribution in [-0.4, -0.2) is 36.0 Å². The first-order valence-electron chi connectivity index (χ1n) is 7.23. The molecule has 2 aromatic heterocycles. The Labute approximate surface area is 142 Å². The van der Waals surface area contributed by atoms with Crippen LogP contribution in [0.15, 0.2) is 41.6 Å². The highest BCUT2D eigenvalue weighted by Gasteiger charge is 2.20. The lowest BCUT2D eigenvalue weighted by Gasteiger charge is -2.07. The summed E-state index contributed by atoms with van der Waals surface area (Å²) in [6.45, 7) is 3.80. The molecular formula is C16H15N5O2S. The van der Waals surface area contributed by atoms with Gasteiger partial charge in [-0.25, -0.2) is 19.4 Å². The lowest BCUT2D eigenvalue weighted by molar-refractivity contribution is 0.0689. The van der Waals surface area contributed by atoms with Crippen molar-refractivity contribution in [1.82, 2.24) is 25.0 Å². The fourth-order valence-corrected chi connectivity index (χ4v) is 3.21. The maximum absolute atomic E-state index is 11.4. The van der Waals surface area contributed by atoms with E-state index in [2.05, 4.69) is 20.3 Å². The molecule has 1 N–H and O–H groups in total. The topological polar surface area (TPSA) is 93.8 Å². The second kappa shape index (κ2) is 6.79. The molecule has 8 heteroatoms. The molecule has 2 heterocycles. The Morgan fingerprint density at radius 2 is 1.83 bits per heavy atom. The highest BCUT2D eigenvalue weighted by molar-refractivity contribution is 7.98. The lowest BCUT2D eigenvalue weighted by Crippen LogP contribution is -2.06. The van der Waals surface area contributed by atoms with Crippen molar-refractivity contribution in [3.8, 4) is 5.69 Å². The molecule has 0 fully saturated rings. The van der Waals surface area contributed by atoms with Crippen molar-refractivity contribution in [1.29, 1.82) is 0 Å². The Morgan fingerprint density at radius 1 is 1.17 bits per heavy atom. The number of hydrogen-bond donors (Lipinski definition) is 1. The second-order valence-electron chi connectivity index (χ2n) is 5.16. The summed E-state index contributed by atoms with van der Waals surface area (Å²) in [5.74, 6) is -0.749. The second-order valence-corrected chi connectivity index (χ2v) is 6.10. The van der Waals surface area contributed by atoms with E-state index in [0.717, 1.165) is 17.1 Å². The molecule has 0 saturated heterocycles. The van der Waals surface area contributed by atoms with E-state index in [9.17, 15) is 9.90 Å². The maximum atomic E-state index is 11.4. The van der Waals surface area contributed by atoms with Crippen LogP contribution >= 0.6 is 11.8 Å². The van der Waals surface area contributed by atoms with Gasteiger partial charge in [-0.1, -0.05) is 35.2 Å². The number of carboxylic acids is 1. The molecule has 0 radical (unpaired) electrons. The molecule has 1 aromatic carbocycles. The van der Waals surface area contributed by atoms with Gasteiger partial charge in [-0.3, -0.25) is 0 Å². The molecule has 0 atom stereocenters. The van der Waals surface area contributed by atoms with E-state index in [0.29, 0.717) is 16.6 Å². The minimum atomic E-state index is -1.10. The third-order valence-electron chi connectivity index (χ3n) is 3.27. The summed E-state index contributed by atoms with van der Waals surface area (Å²) in [5, 5.41) is 17.7. The van der Waals surface area contributed by atoms with Gasteiger partial charge in [-0.05, 0) is 32.0 Å². The van der Waals surface area contributed by atoms with E-state index in [1.54, 1.807) is 4.68 Å². The highest BCUT2D eigenvalue weighted by Crippen LogP contribution is 2.23. The quantitative estimate of drug-likeness (QED) is 0.563. The minimum absolute atomic E-state index is 0.0595. The molecule has 0 amide bonds. The van der Waals surface area contributed by atoms with Crippen molar-refractivity contribution >= 4 is 17.7 Å². The summed E-state index contributed by atoms with van der Waals surface area (Å²) in [5.41, 5.74) is 2.95.